The van der Waals surface area contributed by atoms with E-state index in [0.29, 0.717) is 56.8 Å². The van der Waals surface area contributed by atoms with Crippen molar-refractivity contribution in [2.24, 2.45) is 10.7 Å². The van der Waals surface area contributed by atoms with E-state index in [2.05, 4.69) is 47.5 Å². The molecule has 1 fully saturated rings. The second kappa shape index (κ2) is 16.4. The van der Waals surface area contributed by atoms with E-state index >= 15 is 0 Å². The van der Waals surface area contributed by atoms with Gasteiger partial charge in [-0.2, -0.15) is 0 Å². The van der Waals surface area contributed by atoms with E-state index < -0.39 is 11.1 Å². The number of carbonyl (C=O) groups is 2. The molecule has 0 unspecified atom stereocenters. The Bertz CT molecular complexity index is 1780. The first-order chi connectivity index (χ1) is 22.6. The number of benzene rings is 4. The summed E-state index contributed by atoms with van der Waals surface area (Å²) in [5, 5.41) is 7.90. The van der Waals surface area contributed by atoms with Gasteiger partial charge < -0.3 is 16.4 Å². The molecule has 13 heteroatoms. The van der Waals surface area contributed by atoms with Crippen LogP contribution in [-0.2, 0) is 22.4 Å². The Hall–Kier alpha value is -2.63. The summed E-state index contributed by atoms with van der Waals surface area (Å²) >= 11 is 30.9. The van der Waals surface area contributed by atoms with Crippen LogP contribution in [0.5, 0.6) is 0 Å². The SMILES string of the molecule is CCN=C1N[C@](C)(Cc2ccc(Br)cc2)C(=O)N1c1cc(Cl)cc(Cl)c1.C[C@@](N)(Cc1ccc(Br)cc1)C(=O)Nc1cc(Cl)cc(Cl)c1. The molecule has 0 saturated carbocycles. The lowest BCUT2D eigenvalue weighted by molar-refractivity contribution is -0.121. The van der Waals surface area contributed by atoms with Crippen molar-refractivity contribution in [3.8, 4) is 0 Å². The number of nitrogens with one attached hydrogen (secondary N) is 2. The Morgan fingerprint density at radius 3 is 1.85 bits per heavy atom. The van der Waals surface area contributed by atoms with Crippen LogP contribution in [0.25, 0.3) is 0 Å². The number of rotatable bonds is 8. The van der Waals surface area contributed by atoms with E-state index in [9.17, 15) is 9.59 Å². The summed E-state index contributed by atoms with van der Waals surface area (Å²) in [7, 11) is 0. The number of anilines is 2. The van der Waals surface area contributed by atoms with Gasteiger partial charge in [-0.3, -0.25) is 14.6 Å². The van der Waals surface area contributed by atoms with Crippen molar-refractivity contribution >= 4 is 107 Å². The number of hydrogen-bond acceptors (Lipinski definition) is 4. The Kier molecular flexibility index (Phi) is 13.0. The van der Waals surface area contributed by atoms with Gasteiger partial charge in [0.15, 0.2) is 0 Å². The van der Waals surface area contributed by atoms with E-state index in [0.717, 1.165) is 20.1 Å². The van der Waals surface area contributed by atoms with Crippen LogP contribution in [0.1, 0.15) is 31.9 Å². The zero-order chi connectivity index (χ0) is 35.2. The number of hydrogen-bond donors (Lipinski definition) is 3. The zero-order valence-corrected chi connectivity index (χ0v) is 32.5. The quantitative estimate of drug-likeness (QED) is 0.164. The van der Waals surface area contributed by atoms with Gasteiger partial charge in [0, 0.05) is 47.7 Å². The molecule has 2 amide bonds. The van der Waals surface area contributed by atoms with Gasteiger partial charge in [0.25, 0.3) is 5.91 Å². The molecule has 48 heavy (non-hydrogen) atoms. The van der Waals surface area contributed by atoms with E-state index in [1.54, 1.807) is 48.2 Å². The molecule has 0 aliphatic carbocycles. The van der Waals surface area contributed by atoms with Crippen LogP contribution >= 0.6 is 78.3 Å². The molecule has 1 aliphatic rings. The largest absolute Gasteiger partial charge is 0.341 e. The van der Waals surface area contributed by atoms with Crippen molar-refractivity contribution in [2.45, 2.75) is 44.7 Å². The van der Waals surface area contributed by atoms with E-state index in [-0.39, 0.29) is 11.8 Å². The van der Waals surface area contributed by atoms with Gasteiger partial charge in [-0.15, -0.1) is 0 Å². The highest BCUT2D eigenvalue weighted by Gasteiger charge is 2.47. The molecule has 0 bridgehead atoms. The molecular weight excluding hydrogens is 824 g/mol. The Morgan fingerprint density at radius 1 is 0.875 bits per heavy atom. The molecule has 252 valence electrons. The average molecular weight is 857 g/mol. The number of aliphatic imine (C=N–C) groups is 1. The fraction of sp³-hybridized carbons (Fsp3) is 0.229. The van der Waals surface area contributed by atoms with E-state index in [1.807, 2.05) is 62.4 Å². The minimum atomic E-state index is -1.05. The van der Waals surface area contributed by atoms with Gasteiger partial charge in [0.2, 0.25) is 11.9 Å². The third-order valence-electron chi connectivity index (χ3n) is 7.28. The smallest absolute Gasteiger partial charge is 0.259 e. The Morgan fingerprint density at radius 2 is 1.35 bits per heavy atom. The fourth-order valence-electron chi connectivity index (χ4n) is 5.00. The molecule has 4 N–H and O–H groups in total. The highest BCUT2D eigenvalue weighted by molar-refractivity contribution is 9.10. The van der Waals surface area contributed by atoms with Crippen LogP contribution in [0, 0.1) is 0 Å². The lowest BCUT2D eigenvalue weighted by Crippen LogP contribution is -2.50. The molecule has 1 heterocycles. The summed E-state index contributed by atoms with van der Waals surface area (Å²) in [5.41, 5.74) is 7.46. The third kappa shape index (κ3) is 10.2. The lowest BCUT2D eigenvalue weighted by atomic mass is 9.93. The van der Waals surface area contributed by atoms with Crippen LogP contribution in [0.4, 0.5) is 11.4 Å². The highest BCUT2D eigenvalue weighted by Crippen LogP contribution is 2.32. The van der Waals surface area contributed by atoms with Crippen LogP contribution in [-0.4, -0.2) is 35.4 Å². The van der Waals surface area contributed by atoms with Gasteiger partial charge in [-0.05, 0) is 99.0 Å². The first-order valence-electron chi connectivity index (χ1n) is 14.8. The summed E-state index contributed by atoms with van der Waals surface area (Å²) in [6, 6.07) is 25.5. The molecule has 4 aromatic carbocycles. The molecule has 0 radical (unpaired) electrons. The third-order valence-corrected chi connectivity index (χ3v) is 9.21. The van der Waals surface area contributed by atoms with Gasteiger partial charge >= 0.3 is 0 Å². The van der Waals surface area contributed by atoms with Gasteiger partial charge in [-0.1, -0.05) is 103 Å². The van der Waals surface area contributed by atoms with Crippen molar-refractivity contribution in [1.82, 2.24) is 5.32 Å². The fourth-order valence-corrected chi connectivity index (χ4v) is 6.57. The Balaban J connectivity index is 0.000000220. The number of amides is 2. The molecular formula is C35H33Br2Cl4N5O2. The second-order valence-electron chi connectivity index (χ2n) is 11.7. The molecule has 0 aromatic heterocycles. The standard InChI is InChI=1S/C19H18BrCl2N3O.C16H15BrCl2N2O/c1-3-23-18-24-19(2,11-12-4-6-13(20)7-5-12)17(26)25(18)16-9-14(21)8-15(22)10-16;1-16(20,9-10-2-4-11(17)5-3-10)15(22)21-14-7-12(18)6-13(19)8-14/h4-10H,3,11H2,1-2H3,(H,23,24);2-8H,9,20H2,1H3,(H,21,22)/t19-;16-/m11/s1. The number of nitrogens with zero attached hydrogens (tertiary/aromatic N) is 2. The topological polar surface area (TPSA) is 99.8 Å². The maximum Gasteiger partial charge on any atom is 0.259 e. The highest BCUT2D eigenvalue weighted by atomic mass is 79.9. The monoisotopic (exact) mass is 853 g/mol. The van der Waals surface area contributed by atoms with Crippen molar-refractivity contribution in [1.29, 1.82) is 0 Å². The molecule has 1 aliphatic heterocycles. The lowest BCUT2D eigenvalue weighted by Gasteiger charge is -2.24. The van der Waals surface area contributed by atoms with Crippen molar-refractivity contribution in [2.75, 3.05) is 16.8 Å². The molecule has 5 rings (SSSR count). The summed E-state index contributed by atoms with van der Waals surface area (Å²) in [4.78, 5) is 31.7. The summed E-state index contributed by atoms with van der Waals surface area (Å²) in [6.45, 7) is 6.05. The zero-order valence-electron chi connectivity index (χ0n) is 26.3. The minimum Gasteiger partial charge on any atom is -0.341 e. The van der Waals surface area contributed by atoms with Gasteiger partial charge in [-0.25, -0.2) is 4.90 Å². The molecule has 7 nitrogen and oxygen atoms in total. The van der Waals surface area contributed by atoms with Crippen LogP contribution < -0.4 is 21.3 Å². The number of halogens is 6. The predicted molar refractivity (Wildman–Crippen MR) is 207 cm³/mol. The van der Waals surface area contributed by atoms with Crippen LogP contribution in [0.2, 0.25) is 20.1 Å². The number of guanidine groups is 1. The molecule has 0 spiro atoms. The first-order valence-corrected chi connectivity index (χ1v) is 17.9. The average Bonchev–Trinajstić information content (AvgIpc) is 3.23. The van der Waals surface area contributed by atoms with Crippen molar-refractivity contribution in [3.05, 3.63) is 125 Å². The van der Waals surface area contributed by atoms with E-state index in [4.69, 9.17) is 52.1 Å². The summed E-state index contributed by atoms with van der Waals surface area (Å²) in [5.74, 6) is 0.121. The first kappa shape index (κ1) is 38.2. The van der Waals surface area contributed by atoms with Crippen molar-refractivity contribution < 1.29 is 9.59 Å². The van der Waals surface area contributed by atoms with E-state index in [1.165, 1.54) is 0 Å². The molecule has 1 saturated heterocycles. The maximum absolute atomic E-state index is 13.3. The predicted octanol–water partition coefficient (Wildman–Crippen LogP) is 9.72. The second-order valence-corrected chi connectivity index (χ2v) is 15.2. The maximum atomic E-state index is 13.3. The molecule has 4 aromatic rings. The van der Waals surface area contributed by atoms with Crippen molar-refractivity contribution in [3.63, 3.8) is 0 Å². The minimum absolute atomic E-state index is 0.0917. The van der Waals surface area contributed by atoms with Crippen LogP contribution in [0.3, 0.4) is 0 Å². The normalized spacial score (nSPS) is 17.8. The number of nitrogens with two attached hydrogens (primary N) is 1. The number of carbonyl (C=O) groups excluding carboxylic acids is 2. The molecule has 2 atom stereocenters. The Labute approximate surface area is 317 Å². The summed E-state index contributed by atoms with van der Waals surface area (Å²) in [6.07, 6.45) is 0.951. The van der Waals surface area contributed by atoms with Gasteiger partial charge in [0.05, 0.1) is 11.2 Å². The van der Waals surface area contributed by atoms with Crippen LogP contribution in [0.15, 0.2) is 98.9 Å². The summed E-state index contributed by atoms with van der Waals surface area (Å²) < 4.78 is 1.98. The van der Waals surface area contributed by atoms with Gasteiger partial charge in [0.1, 0.15) is 5.54 Å².